The summed E-state index contributed by atoms with van der Waals surface area (Å²) in [7, 11) is 3.05. The van der Waals surface area contributed by atoms with Gasteiger partial charge in [0.15, 0.2) is 0 Å². The number of nitrogens with zero attached hydrogens (tertiary/aromatic N) is 2. The third-order valence-electron chi connectivity index (χ3n) is 3.25. The highest BCUT2D eigenvalue weighted by Crippen LogP contribution is 2.32. The number of halogens is 2. The van der Waals surface area contributed by atoms with E-state index in [4.69, 9.17) is 14.0 Å². The maximum atomic E-state index is 13.7. The lowest BCUT2D eigenvalue weighted by Crippen LogP contribution is -1.95. The summed E-state index contributed by atoms with van der Waals surface area (Å²) < 4.78 is 42.1. The molecule has 0 spiro atoms. The Kier molecular flexibility index (Phi) is 4.28. The van der Waals surface area contributed by atoms with Gasteiger partial charge in [0.05, 0.1) is 25.5 Å². The van der Waals surface area contributed by atoms with Crippen molar-refractivity contribution in [2.75, 3.05) is 19.5 Å². The van der Waals surface area contributed by atoms with Gasteiger partial charge in [-0.05, 0) is 30.3 Å². The number of rotatable bonds is 5. The smallest absolute Gasteiger partial charge is 0.326 e. The van der Waals surface area contributed by atoms with Crippen LogP contribution in [0.1, 0.15) is 0 Å². The highest BCUT2D eigenvalue weighted by atomic mass is 19.1. The Morgan fingerprint density at radius 2 is 1.88 bits per heavy atom. The SMILES string of the molecule is COc1ccc(OC)c(-c2noc(Nc3ccc(F)cc3F)n2)c1. The van der Waals surface area contributed by atoms with Crippen LogP contribution < -0.4 is 14.8 Å². The van der Waals surface area contributed by atoms with E-state index < -0.39 is 11.6 Å². The van der Waals surface area contributed by atoms with Crippen LogP contribution in [0.2, 0.25) is 0 Å². The second-order valence-electron chi connectivity index (χ2n) is 4.74. The number of ether oxygens (including phenoxy) is 2. The van der Waals surface area contributed by atoms with Gasteiger partial charge < -0.3 is 19.3 Å². The van der Waals surface area contributed by atoms with Crippen LogP contribution in [-0.4, -0.2) is 24.4 Å². The molecule has 1 heterocycles. The van der Waals surface area contributed by atoms with Gasteiger partial charge in [0.2, 0.25) is 5.82 Å². The zero-order chi connectivity index (χ0) is 17.1. The molecule has 1 aromatic heterocycles. The van der Waals surface area contributed by atoms with E-state index in [9.17, 15) is 8.78 Å². The number of benzene rings is 2. The Hall–Kier alpha value is -3.16. The van der Waals surface area contributed by atoms with Crippen LogP contribution in [0.3, 0.4) is 0 Å². The van der Waals surface area contributed by atoms with E-state index in [0.29, 0.717) is 17.1 Å². The summed E-state index contributed by atoms with van der Waals surface area (Å²) in [5.74, 6) is -0.0966. The first-order valence-corrected chi connectivity index (χ1v) is 6.89. The molecular weight excluding hydrogens is 320 g/mol. The van der Waals surface area contributed by atoms with Crippen molar-refractivity contribution in [3.05, 3.63) is 48.0 Å². The van der Waals surface area contributed by atoms with Gasteiger partial charge in [-0.2, -0.15) is 4.98 Å². The van der Waals surface area contributed by atoms with Crippen molar-refractivity contribution >= 4 is 11.7 Å². The van der Waals surface area contributed by atoms with Crippen LogP contribution in [0, 0.1) is 11.6 Å². The molecule has 124 valence electrons. The Balaban J connectivity index is 1.90. The van der Waals surface area contributed by atoms with Gasteiger partial charge in [0.1, 0.15) is 23.1 Å². The average molecular weight is 333 g/mol. The maximum absolute atomic E-state index is 13.7. The normalized spacial score (nSPS) is 10.5. The molecule has 0 atom stereocenters. The topological polar surface area (TPSA) is 69.4 Å². The zero-order valence-corrected chi connectivity index (χ0v) is 12.8. The van der Waals surface area contributed by atoms with Crippen molar-refractivity contribution in [1.82, 2.24) is 10.1 Å². The van der Waals surface area contributed by atoms with Crippen LogP contribution in [0.25, 0.3) is 11.4 Å². The minimum atomic E-state index is -0.770. The van der Waals surface area contributed by atoms with E-state index in [1.807, 2.05) is 0 Å². The fourth-order valence-corrected chi connectivity index (χ4v) is 2.08. The summed E-state index contributed by atoms with van der Waals surface area (Å²) in [5.41, 5.74) is 0.567. The lowest BCUT2D eigenvalue weighted by atomic mass is 10.2. The van der Waals surface area contributed by atoms with Gasteiger partial charge in [-0.15, -0.1) is 0 Å². The summed E-state index contributed by atoms with van der Waals surface area (Å²) >= 11 is 0. The van der Waals surface area contributed by atoms with Crippen LogP contribution in [0.15, 0.2) is 40.9 Å². The Bertz CT molecular complexity index is 868. The van der Waals surface area contributed by atoms with Gasteiger partial charge in [0, 0.05) is 6.07 Å². The first kappa shape index (κ1) is 15.7. The lowest BCUT2D eigenvalue weighted by molar-refractivity contribution is 0.403. The second-order valence-corrected chi connectivity index (χ2v) is 4.74. The molecule has 3 rings (SSSR count). The quantitative estimate of drug-likeness (QED) is 0.766. The number of hydrogen-bond acceptors (Lipinski definition) is 6. The van der Waals surface area contributed by atoms with Crippen LogP contribution in [-0.2, 0) is 0 Å². The molecule has 0 amide bonds. The van der Waals surface area contributed by atoms with E-state index in [-0.39, 0.29) is 17.5 Å². The Morgan fingerprint density at radius 3 is 2.58 bits per heavy atom. The number of nitrogens with one attached hydrogen (secondary N) is 1. The summed E-state index contributed by atoms with van der Waals surface area (Å²) in [6.07, 6.45) is 0. The van der Waals surface area contributed by atoms with Gasteiger partial charge >= 0.3 is 6.01 Å². The number of anilines is 2. The highest BCUT2D eigenvalue weighted by Gasteiger charge is 2.15. The number of aromatic nitrogens is 2. The molecule has 0 radical (unpaired) electrons. The van der Waals surface area contributed by atoms with Gasteiger partial charge in [-0.25, -0.2) is 8.78 Å². The third kappa shape index (κ3) is 3.12. The predicted octanol–water partition coefficient (Wildman–Crippen LogP) is 3.78. The molecule has 3 aromatic rings. The largest absolute Gasteiger partial charge is 0.497 e. The molecule has 8 heteroatoms. The molecule has 0 unspecified atom stereocenters. The monoisotopic (exact) mass is 333 g/mol. The van der Waals surface area contributed by atoms with E-state index in [0.717, 1.165) is 12.1 Å². The molecule has 0 fully saturated rings. The average Bonchev–Trinajstić information content (AvgIpc) is 3.05. The maximum Gasteiger partial charge on any atom is 0.326 e. The third-order valence-corrected chi connectivity index (χ3v) is 3.25. The van der Waals surface area contributed by atoms with Crippen molar-refractivity contribution < 1.29 is 22.8 Å². The zero-order valence-electron chi connectivity index (χ0n) is 12.8. The predicted molar refractivity (Wildman–Crippen MR) is 82.5 cm³/mol. The molecular formula is C16H13F2N3O3. The van der Waals surface area contributed by atoms with Crippen LogP contribution in [0.4, 0.5) is 20.5 Å². The molecule has 0 aliphatic heterocycles. The highest BCUT2D eigenvalue weighted by molar-refractivity contribution is 5.67. The summed E-state index contributed by atoms with van der Waals surface area (Å²) in [4.78, 5) is 4.14. The lowest BCUT2D eigenvalue weighted by Gasteiger charge is -2.07. The van der Waals surface area contributed by atoms with Gasteiger partial charge in [-0.1, -0.05) is 5.16 Å². The van der Waals surface area contributed by atoms with Gasteiger partial charge in [0.25, 0.3) is 0 Å². The minimum Gasteiger partial charge on any atom is -0.497 e. The second kappa shape index (κ2) is 6.53. The fourth-order valence-electron chi connectivity index (χ4n) is 2.08. The number of hydrogen-bond donors (Lipinski definition) is 1. The summed E-state index contributed by atoms with van der Waals surface area (Å²) in [5, 5.41) is 6.43. The van der Waals surface area contributed by atoms with E-state index in [1.165, 1.54) is 20.3 Å². The summed E-state index contributed by atoms with van der Waals surface area (Å²) in [6, 6.07) is 8.19. The van der Waals surface area contributed by atoms with Crippen molar-refractivity contribution in [1.29, 1.82) is 0 Å². The molecule has 24 heavy (non-hydrogen) atoms. The van der Waals surface area contributed by atoms with Crippen molar-refractivity contribution in [3.8, 4) is 22.9 Å². The molecule has 2 aromatic carbocycles. The van der Waals surface area contributed by atoms with Crippen LogP contribution >= 0.6 is 0 Å². The molecule has 1 N–H and O–H groups in total. The van der Waals surface area contributed by atoms with Crippen molar-refractivity contribution in [2.45, 2.75) is 0 Å². The molecule has 0 bridgehead atoms. The molecule has 0 saturated heterocycles. The standard InChI is InChI=1S/C16H13F2N3O3/c1-22-10-4-6-14(23-2)11(8-10)15-20-16(24-21-15)19-13-5-3-9(17)7-12(13)18/h3-8H,1-2H3,(H,19,20,21). The summed E-state index contributed by atoms with van der Waals surface area (Å²) in [6.45, 7) is 0. The van der Waals surface area contributed by atoms with Gasteiger partial charge in [-0.3, -0.25) is 0 Å². The Labute approximate surface area is 136 Å². The van der Waals surface area contributed by atoms with E-state index in [2.05, 4.69) is 15.5 Å². The first-order valence-electron chi connectivity index (χ1n) is 6.89. The number of methoxy groups -OCH3 is 2. The molecule has 0 aliphatic rings. The molecule has 0 aliphatic carbocycles. The minimum absolute atomic E-state index is 0.0178. The molecule has 6 nitrogen and oxygen atoms in total. The van der Waals surface area contributed by atoms with E-state index >= 15 is 0 Å². The van der Waals surface area contributed by atoms with Crippen LogP contribution in [0.5, 0.6) is 11.5 Å². The molecule has 0 saturated carbocycles. The Morgan fingerprint density at radius 1 is 1.04 bits per heavy atom. The van der Waals surface area contributed by atoms with E-state index in [1.54, 1.807) is 18.2 Å². The van der Waals surface area contributed by atoms with Crippen molar-refractivity contribution in [3.63, 3.8) is 0 Å². The fraction of sp³-hybridized carbons (Fsp3) is 0.125. The first-order chi connectivity index (χ1) is 11.6. The van der Waals surface area contributed by atoms with Crippen molar-refractivity contribution in [2.24, 2.45) is 0 Å².